The number of epoxide rings is 2. The molecule has 2 aromatic rings. The van der Waals surface area contributed by atoms with E-state index in [0.29, 0.717) is 12.2 Å². The van der Waals surface area contributed by atoms with E-state index in [-0.39, 0.29) is 0 Å². The Morgan fingerprint density at radius 1 is 0.607 bits per heavy atom. The predicted molar refractivity (Wildman–Crippen MR) is 110 cm³/mol. The van der Waals surface area contributed by atoms with Gasteiger partial charge in [-0.15, -0.1) is 0 Å². The van der Waals surface area contributed by atoms with E-state index in [0.717, 1.165) is 63.6 Å². The Balaban J connectivity index is 1.16. The van der Waals surface area contributed by atoms with E-state index >= 15 is 0 Å². The zero-order valence-corrected chi connectivity index (χ0v) is 16.5. The minimum Gasteiger partial charge on any atom is -0.494 e. The van der Waals surface area contributed by atoms with Crippen LogP contribution in [0.5, 0.6) is 11.5 Å². The molecule has 0 amide bonds. The first-order valence-corrected chi connectivity index (χ1v) is 10.6. The molecule has 2 saturated heterocycles. The van der Waals surface area contributed by atoms with E-state index in [2.05, 4.69) is 24.3 Å². The van der Waals surface area contributed by atoms with E-state index in [1.165, 1.54) is 24.0 Å². The predicted octanol–water partition coefficient (Wildman–Crippen LogP) is 5.25. The first-order chi connectivity index (χ1) is 13.9. The molecule has 0 N–H and O–H groups in total. The maximum Gasteiger partial charge on any atom is 0.119 e. The number of hydrogen-bond donors (Lipinski definition) is 0. The molecule has 150 valence electrons. The van der Waals surface area contributed by atoms with Crippen LogP contribution in [0.25, 0.3) is 11.1 Å². The Bertz CT molecular complexity index is 639. The summed E-state index contributed by atoms with van der Waals surface area (Å²) in [5.41, 5.74) is 2.38. The van der Waals surface area contributed by atoms with Crippen LogP contribution in [0, 0.1) is 0 Å². The van der Waals surface area contributed by atoms with Gasteiger partial charge in [0.15, 0.2) is 0 Å². The Labute approximate surface area is 167 Å². The zero-order chi connectivity index (χ0) is 19.0. The van der Waals surface area contributed by atoms with Gasteiger partial charge in [-0.1, -0.05) is 24.3 Å². The standard InChI is InChI=1S/C24H30O4/c1(5-23-17-27-23)3-15-25-21-11-7-19(8-12-21)20-9-13-22(14-10-20)26-16-4-2-6-24-18-28-24/h7-14,23-24H,1-6,15-18H2. The molecule has 2 atom stereocenters. The van der Waals surface area contributed by atoms with Crippen LogP contribution in [-0.2, 0) is 9.47 Å². The molecule has 2 heterocycles. The highest BCUT2D eigenvalue weighted by molar-refractivity contribution is 5.64. The smallest absolute Gasteiger partial charge is 0.119 e. The Morgan fingerprint density at radius 2 is 1.00 bits per heavy atom. The van der Waals surface area contributed by atoms with Crippen molar-refractivity contribution in [3.8, 4) is 22.6 Å². The molecule has 0 bridgehead atoms. The maximum atomic E-state index is 5.83. The minimum atomic E-state index is 0.526. The maximum absolute atomic E-state index is 5.83. The highest BCUT2D eigenvalue weighted by Crippen LogP contribution is 2.25. The molecule has 2 aromatic carbocycles. The summed E-state index contributed by atoms with van der Waals surface area (Å²) in [6.07, 6.45) is 7.89. The molecule has 2 aliphatic rings. The van der Waals surface area contributed by atoms with Gasteiger partial charge in [0.2, 0.25) is 0 Å². The molecule has 0 radical (unpaired) electrons. The number of hydrogen-bond acceptors (Lipinski definition) is 4. The normalized spacial score (nSPS) is 20.0. The molecule has 0 saturated carbocycles. The summed E-state index contributed by atoms with van der Waals surface area (Å²) in [5, 5.41) is 0. The lowest BCUT2D eigenvalue weighted by Crippen LogP contribution is -1.98. The Hall–Kier alpha value is -2.04. The van der Waals surface area contributed by atoms with Gasteiger partial charge in [0.25, 0.3) is 0 Å². The molecule has 4 rings (SSSR count). The third-order valence-corrected chi connectivity index (χ3v) is 5.23. The molecule has 2 unspecified atom stereocenters. The van der Waals surface area contributed by atoms with Gasteiger partial charge in [-0.25, -0.2) is 0 Å². The molecule has 0 aliphatic carbocycles. The van der Waals surface area contributed by atoms with Crippen molar-refractivity contribution in [2.75, 3.05) is 26.4 Å². The van der Waals surface area contributed by atoms with Gasteiger partial charge < -0.3 is 18.9 Å². The van der Waals surface area contributed by atoms with Crippen molar-refractivity contribution in [3.05, 3.63) is 48.5 Å². The van der Waals surface area contributed by atoms with Crippen LogP contribution in [-0.4, -0.2) is 38.6 Å². The molecule has 0 aromatic heterocycles. The lowest BCUT2D eigenvalue weighted by atomic mass is 10.1. The minimum absolute atomic E-state index is 0.526. The van der Waals surface area contributed by atoms with E-state index < -0.39 is 0 Å². The van der Waals surface area contributed by atoms with Crippen LogP contribution in [0.1, 0.15) is 38.5 Å². The number of unbranched alkanes of at least 4 members (excludes halogenated alkanes) is 2. The summed E-state index contributed by atoms with van der Waals surface area (Å²) < 4.78 is 22.1. The fraction of sp³-hybridized carbons (Fsp3) is 0.500. The van der Waals surface area contributed by atoms with Crippen LogP contribution in [0.4, 0.5) is 0 Å². The Kier molecular flexibility index (Phi) is 6.85. The van der Waals surface area contributed by atoms with E-state index in [1.807, 2.05) is 24.3 Å². The topological polar surface area (TPSA) is 43.5 Å². The summed E-state index contributed by atoms with van der Waals surface area (Å²) in [5.74, 6) is 1.87. The molecular weight excluding hydrogens is 352 g/mol. The molecule has 2 fully saturated rings. The Morgan fingerprint density at radius 3 is 1.36 bits per heavy atom. The highest BCUT2D eigenvalue weighted by Gasteiger charge is 2.21. The van der Waals surface area contributed by atoms with Gasteiger partial charge in [0.1, 0.15) is 11.5 Å². The molecule has 0 spiro atoms. The van der Waals surface area contributed by atoms with Crippen molar-refractivity contribution < 1.29 is 18.9 Å². The van der Waals surface area contributed by atoms with Gasteiger partial charge in [0.05, 0.1) is 38.6 Å². The largest absolute Gasteiger partial charge is 0.494 e. The first kappa shape index (κ1) is 19.3. The average Bonchev–Trinajstić information content (AvgIpc) is 3.64. The summed E-state index contributed by atoms with van der Waals surface area (Å²) in [7, 11) is 0. The molecule has 4 heteroatoms. The fourth-order valence-corrected chi connectivity index (χ4v) is 3.28. The first-order valence-electron chi connectivity index (χ1n) is 10.6. The lowest BCUT2D eigenvalue weighted by Gasteiger charge is -2.09. The van der Waals surface area contributed by atoms with Crippen molar-refractivity contribution in [1.82, 2.24) is 0 Å². The van der Waals surface area contributed by atoms with Crippen molar-refractivity contribution >= 4 is 0 Å². The van der Waals surface area contributed by atoms with Crippen LogP contribution in [0.15, 0.2) is 48.5 Å². The molecular formula is C24H30O4. The van der Waals surface area contributed by atoms with E-state index in [1.54, 1.807) is 0 Å². The summed E-state index contributed by atoms with van der Waals surface area (Å²) in [6.45, 7) is 3.44. The number of rotatable bonds is 13. The van der Waals surface area contributed by atoms with E-state index in [9.17, 15) is 0 Å². The van der Waals surface area contributed by atoms with Gasteiger partial charge in [-0.05, 0) is 73.9 Å². The second-order valence-corrected chi connectivity index (χ2v) is 7.65. The third-order valence-electron chi connectivity index (χ3n) is 5.23. The monoisotopic (exact) mass is 382 g/mol. The second kappa shape index (κ2) is 9.94. The zero-order valence-electron chi connectivity index (χ0n) is 16.5. The van der Waals surface area contributed by atoms with E-state index in [4.69, 9.17) is 18.9 Å². The summed E-state index contributed by atoms with van der Waals surface area (Å²) >= 11 is 0. The number of ether oxygens (including phenoxy) is 4. The van der Waals surface area contributed by atoms with Gasteiger partial charge in [0, 0.05) is 0 Å². The average molecular weight is 383 g/mol. The van der Waals surface area contributed by atoms with Crippen molar-refractivity contribution in [2.45, 2.75) is 50.7 Å². The van der Waals surface area contributed by atoms with Crippen LogP contribution in [0.3, 0.4) is 0 Å². The SMILES string of the molecule is c1cc(-c2ccc(OCCCCC3CO3)cc2)ccc1OCCCCC1CO1. The fourth-order valence-electron chi connectivity index (χ4n) is 3.28. The van der Waals surface area contributed by atoms with Crippen molar-refractivity contribution in [2.24, 2.45) is 0 Å². The van der Waals surface area contributed by atoms with Crippen molar-refractivity contribution in [1.29, 1.82) is 0 Å². The van der Waals surface area contributed by atoms with Crippen LogP contribution in [0.2, 0.25) is 0 Å². The third kappa shape index (κ3) is 6.54. The molecule has 28 heavy (non-hydrogen) atoms. The molecule has 2 aliphatic heterocycles. The van der Waals surface area contributed by atoms with Crippen molar-refractivity contribution in [3.63, 3.8) is 0 Å². The summed E-state index contributed by atoms with van der Waals surface area (Å²) in [4.78, 5) is 0. The van der Waals surface area contributed by atoms with Crippen LogP contribution < -0.4 is 9.47 Å². The van der Waals surface area contributed by atoms with Gasteiger partial charge in [-0.3, -0.25) is 0 Å². The van der Waals surface area contributed by atoms with Crippen LogP contribution >= 0.6 is 0 Å². The highest BCUT2D eigenvalue weighted by atomic mass is 16.6. The lowest BCUT2D eigenvalue weighted by molar-refractivity contribution is 0.299. The van der Waals surface area contributed by atoms with Gasteiger partial charge in [-0.2, -0.15) is 0 Å². The number of benzene rings is 2. The summed E-state index contributed by atoms with van der Waals surface area (Å²) in [6, 6.07) is 16.7. The van der Waals surface area contributed by atoms with Gasteiger partial charge >= 0.3 is 0 Å². The quantitative estimate of drug-likeness (QED) is 0.351. The second-order valence-electron chi connectivity index (χ2n) is 7.65. The molecule has 4 nitrogen and oxygen atoms in total.